The zero-order chi connectivity index (χ0) is 15.4. The van der Waals surface area contributed by atoms with Crippen LogP contribution in [0.2, 0.25) is 0 Å². The summed E-state index contributed by atoms with van der Waals surface area (Å²) in [5.74, 6) is 0.658. The molecule has 2 aromatic rings. The van der Waals surface area contributed by atoms with Crippen molar-refractivity contribution in [3.63, 3.8) is 0 Å². The number of ether oxygens (including phenoxy) is 1. The van der Waals surface area contributed by atoms with Gasteiger partial charge in [0.05, 0.1) is 11.7 Å². The highest BCUT2D eigenvalue weighted by atomic mass is 32.1. The van der Waals surface area contributed by atoms with Crippen molar-refractivity contribution in [2.24, 2.45) is 0 Å². The molecule has 0 saturated carbocycles. The van der Waals surface area contributed by atoms with Crippen LogP contribution in [0.1, 0.15) is 30.2 Å². The van der Waals surface area contributed by atoms with Crippen LogP contribution in [-0.4, -0.2) is 33.8 Å². The van der Waals surface area contributed by atoms with E-state index in [1.807, 2.05) is 0 Å². The first kappa shape index (κ1) is 15.2. The maximum absolute atomic E-state index is 5.90. The molecule has 2 heterocycles. The van der Waals surface area contributed by atoms with Crippen molar-refractivity contribution in [3.8, 4) is 5.88 Å². The molecular weight excluding hydrogens is 294 g/mol. The summed E-state index contributed by atoms with van der Waals surface area (Å²) in [6.07, 6.45) is 4.36. The van der Waals surface area contributed by atoms with Gasteiger partial charge in [-0.2, -0.15) is 4.37 Å². The van der Waals surface area contributed by atoms with Crippen LogP contribution in [0.4, 0.5) is 0 Å². The molecule has 0 unspecified atom stereocenters. The zero-order valence-electron chi connectivity index (χ0n) is 13.1. The van der Waals surface area contributed by atoms with Crippen LogP contribution < -0.4 is 4.74 Å². The van der Waals surface area contributed by atoms with Crippen molar-refractivity contribution in [2.45, 2.75) is 26.4 Å². The molecule has 1 aromatic carbocycles. The number of rotatable bonds is 5. The van der Waals surface area contributed by atoms with Crippen LogP contribution in [0.25, 0.3) is 5.57 Å². The summed E-state index contributed by atoms with van der Waals surface area (Å²) in [5, 5.41) is 0. The fraction of sp³-hybridized carbons (Fsp3) is 0.412. The number of aromatic nitrogens is 2. The lowest BCUT2D eigenvalue weighted by molar-refractivity contribution is 0.294. The molecule has 1 aliphatic heterocycles. The number of hydrogen-bond donors (Lipinski definition) is 0. The molecular formula is C17H21N3OS. The van der Waals surface area contributed by atoms with E-state index in [4.69, 9.17) is 4.74 Å². The second kappa shape index (κ2) is 7.03. The third kappa shape index (κ3) is 3.54. The van der Waals surface area contributed by atoms with Crippen LogP contribution in [-0.2, 0) is 13.0 Å². The van der Waals surface area contributed by atoms with Crippen molar-refractivity contribution in [3.05, 3.63) is 47.2 Å². The third-order valence-electron chi connectivity index (χ3n) is 3.91. The molecule has 0 N–H and O–H groups in total. The Kier molecular flexibility index (Phi) is 4.85. The Hall–Kier alpha value is -1.72. The van der Waals surface area contributed by atoms with Crippen LogP contribution in [0.15, 0.2) is 30.3 Å². The largest absolute Gasteiger partial charge is 0.471 e. The average molecular weight is 315 g/mol. The summed E-state index contributed by atoms with van der Waals surface area (Å²) >= 11 is 1.22. The summed E-state index contributed by atoms with van der Waals surface area (Å²) in [6.45, 7) is 4.70. The lowest BCUT2D eigenvalue weighted by atomic mass is 10.1. The SMILES string of the molecule is CCc1ccc(COc2nsnc2C2=CCCN(C)C2)cc1. The molecule has 3 rings (SSSR count). The van der Waals surface area contributed by atoms with E-state index in [0.717, 1.165) is 37.2 Å². The Bertz CT molecular complexity index is 648. The van der Waals surface area contributed by atoms with Crippen LogP contribution in [0.3, 0.4) is 0 Å². The van der Waals surface area contributed by atoms with Crippen LogP contribution in [0.5, 0.6) is 5.88 Å². The molecule has 0 fully saturated rings. The fourth-order valence-electron chi connectivity index (χ4n) is 2.56. The number of aryl methyl sites for hydroxylation is 1. The summed E-state index contributed by atoms with van der Waals surface area (Å²) in [7, 11) is 2.13. The maximum Gasteiger partial charge on any atom is 0.254 e. The summed E-state index contributed by atoms with van der Waals surface area (Å²) < 4.78 is 14.6. The lowest BCUT2D eigenvalue weighted by Gasteiger charge is -2.22. The van der Waals surface area contributed by atoms with Crippen molar-refractivity contribution in [1.82, 2.24) is 13.6 Å². The van der Waals surface area contributed by atoms with E-state index in [1.165, 1.54) is 22.9 Å². The minimum absolute atomic E-state index is 0.533. The first-order valence-corrected chi connectivity index (χ1v) is 8.40. The Morgan fingerprint density at radius 2 is 1.95 bits per heavy atom. The summed E-state index contributed by atoms with van der Waals surface area (Å²) in [6, 6.07) is 8.53. The second-order valence-electron chi connectivity index (χ2n) is 5.63. The molecule has 22 heavy (non-hydrogen) atoms. The third-order valence-corrected chi connectivity index (χ3v) is 4.42. The predicted octanol–water partition coefficient (Wildman–Crippen LogP) is 3.40. The standard InChI is InChI=1S/C17H21N3OS/c1-3-13-6-8-14(9-7-13)12-21-17-16(18-22-19-17)15-5-4-10-20(2)11-15/h5-9H,3-4,10-12H2,1-2H3. The van der Waals surface area contributed by atoms with Crippen molar-refractivity contribution >= 4 is 17.3 Å². The zero-order valence-corrected chi connectivity index (χ0v) is 13.9. The van der Waals surface area contributed by atoms with Gasteiger partial charge in [-0.05, 0) is 36.6 Å². The molecule has 116 valence electrons. The average Bonchev–Trinajstić information content (AvgIpc) is 3.02. The van der Waals surface area contributed by atoms with Gasteiger partial charge in [-0.1, -0.05) is 37.3 Å². The Labute approximate surface area is 135 Å². The molecule has 0 bridgehead atoms. The van der Waals surface area contributed by atoms with Gasteiger partial charge in [0.25, 0.3) is 5.88 Å². The highest BCUT2D eigenvalue weighted by molar-refractivity contribution is 6.99. The van der Waals surface area contributed by atoms with E-state index in [-0.39, 0.29) is 0 Å². The van der Waals surface area contributed by atoms with Crippen LogP contribution in [0, 0.1) is 0 Å². The molecule has 4 nitrogen and oxygen atoms in total. The van der Waals surface area contributed by atoms with Gasteiger partial charge in [-0.25, -0.2) is 0 Å². The molecule has 0 amide bonds. The molecule has 0 aliphatic carbocycles. The normalized spacial score (nSPS) is 15.6. The Balaban J connectivity index is 1.68. The van der Waals surface area contributed by atoms with Gasteiger partial charge in [0, 0.05) is 13.1 Å². The van der Waals surface area contributed by atoms with Gasteiger partial charge < -0.3 is 9.64 Å². The van der Waals surface area contributed by atoms with Crippen molar-refractivity contribution in [1.29, 1.82) is 0 Å². The predicted molar refractivity (Wildman–Crippen MR) is 90.2 cm³/mol. The van der Waals surface area contributed by atoms with Gasteiger partial charge in [0.15, 0.2) is 0 Å². The first-order chi connectivity index (χ1) is 10.8. The van der Waals surface area contributed by atoms with Gasteiger partial charge in [-0.3, -0.25) is 0 Å². The van der Waals surface area contributed by atoms with E-state index in [2.05, 4.69) is 58.0 Å². The molecule has 0 saturated heterocycles. The number of likely N-dealkylation sites (N-methyl/N-ethyl adjacent to an activating group) is 1. The first-order valence-electron chi connectivity index (χ1n) is 7.67. The minimum atomic E-state index is 0.533. The van der Waals surface area contributed by atoms with E-state index in [9.17, 15) is 0 Å². The van der Waals surface area contributed by atoms with Crippen LogP contribution >= 0.6 is 11.7 Å². The monoisotopic (exact) mass is 315 g/mol. The molecule has 0 radical (unpaired) electrons. The van der Waals surface area contributed by atoms with Crippen molar-refractivity contribution in [2.75, 3.05) is 20.1 Å². The Morgan fingerprint density at radius 1 is 1.18 bits per heavy atom. The molecule has 1 aliphatic rings. The van der Waals surface area contributed by atoms with Gasteiger partial charge in [0.2, 0.25) is 0 Å². The van der Waals surface area contributed by atoms with Gasteiger partial charge in [-0.15, -0.1) is 4.37 Å². The highest BCUT2D eigenvalue weighted by Gasteiger charge is 2.18. The molecule has 0 spiro atoms. The smallest absolute Gasteiger partial charge is 0.254 e. The van der Waals surface area contributed by atoms with E-state index < -0.39 is 0 Å². The van der Waals surface area contributed by atoms with E-state index in [0.29, 0.717) is 12.5 Å². The lowest BCUT2D eigenvalue weighted by Crippen LogP contribution is -2.25. The number of nitrogens with zero attached hydrogens (tertiary/aromatic N) is 3. The molecule has 0 atom stereocenters. The second-order valence-corrected chi connectivity index (χ2v) is 6.16. The summed E-state index contributed by atoms with van der Waals surface area (Å²) in [5.41, 5.74) is 4.63. The minimum Gasteiger partial charge on any atom is -0.471 e. The molecule has 5 heteroatoms. The van der Waals surface area contributed by atoms with Gasteiger partial charge in [0.1, 0.15) is 12.3 Å². The topological polar surface area (TPSA) is 38.3 Å². The van der Waals surface area contributed by atoms with E-state index in [1.54, 1.807) is 0 Å². The molecule has 1 aromatic heterocycles. The number of hydrogen-bond acceptors (Lipinski definition) is 5. The maximum atomic E-state index is 5.90. The summed E-state index contributed by atoms with van der Waals surface area (Å²) in [4.78, 5) is 2.29. The Morgan fingerprint density at radius 3 is 2.68 bits per heavy atom. The van der Waals surface area contributed by atoms with Gasteiger partial charge >= 0.3 is 0 Å². The quantitative estimate of drug-likeness (QED) is 0.847. The number of benzene rings is 1. The fourth-order valence-corrected chi connectivity index (χ4v) is 3.09. The van der Waals surface area contributed by atoms with E-state index >= 15 is 0 Å². The highest BCUT2D eigenvalue weighted by Crippen LogP contribution is 2.27. The van der Waals surface area contributed by atoms with Crippen molar-refractivity contribution < 1.29 is 4.74 Å².